The smallest absolute Gasteiger partial charge is 0.422 e. The van der Waals surface area contributed by atoms with Crippen molar-refractivity contribution in [2.24, 2.45) is 0 Å². The normalized spacial score (nSPS) is 11.6. The monoisotopic (exact) mass is 276 g/mol. The zero-order valence-corrected chi connectivity index (χ0v) is 9.90. The number of methoxy groups -OCH3 is 1. The Morgan fingerprint density at radius 2 is 2.11 bits per heavy atom. The van der Waals surface area contributed by atoms with Crippen molar-refractivity contribution >= 4 is 12.0 Å². The van der Waals surface area contributed by atoms with Crippen LogP contribution in [0.4, 0.5) is 13.2 Å². The number of benzene rings is 1. The van der Waals surface area contributed by atoms with Gasteiger partial charge in [0.25, 0.3) is 0 Å². The van der Waals surface area contributed by atoms with E-state index in [4.69, 9.17) is 4.74 Å². The molecule has 7 heteroatoms. The van der Waals surface area contributed by atoms with Crippen molar-refractivity contribution in [2.45, 2.75) is 6.18 Å². The Kier molecular flexibility index (Phi) is 4.80. The lowest BCUT2D eigenvalue weighted by Gasteiger charge is -2.05. The average Bonchev–Trinajstić information content (AvgIpc) is 2.34. The number of hydrogen-bond acceptors (Lipinski definition) is 4. The summed E-state index contributed by atoms with van der Waals surface area (Å²) < 4.78 is 44.1. The summed E-state index contributed by atoms with van der Waals surface area (Å²) in [6.45, 7) is -1.63. The van der Waals surface area contributed by atoms with Crippen LogP contribution in [0.5, 0.6) is 11.5 Å². The Morgan fingerprint density at radius 3 is 2.68 bits per heavy atom. The van der Waals surface area contributed by atoms with Crippen LogP contribution in [-0.4, -0.2) is 31.0 Å². The minimum atomic E-state index is -4.55. The van der Waals surface area contributed by atoms with Crippen LogP contribution in [0.2, 0.25) is 0 Å². The zero-order chi connectivity index (χ0) is 14.5. The van der Waals surface area contributed by atoms with E-state index in [2.05, 4.69) is 4.74 Å². The van der Waals surface area contributed by atoms with Crippen LogP contribution in [0.3, 0.4) is 0 Å². The van der Waals surface area contributed by atoms with Crippen molar-refractivity contribution < 1.29 is 32.5 Å². The van der Waals surface area contributed by atoms with Gasteiger partial charge in [0.1, 0.15) is 0 Å². The SMILES string of the molecule is COc1cc(/C=C/C(=O)OCC(F)(F)F)ccc1O. The third-order valence-corrected chi connectivity index (χ3v) is 1.99. The van der Waals surface area contributed by atoms with Crippen LogP contribution < -0.4 is 4.74 Å². The fourth-order valence-corrected chi connectivity index (χ4v) is 1.16. The molecule has 0 amide bonds. The van der Waals surface area contributed by atoms with Crippen LogP contribution >= 0.6 is 0 Å². The quantitative estimate of drug-likeness (QED) is 0.678. The van der Waals surface area contributed by atoms with Gasteiger partial charge >= 0.3 is 12.1 Å². The minimum Gasteiger partial charge on any atom is -0.504 e. The molecule has 0 aliphatic carbocycles. The van der Waals surface area contributed by atoms with Gasteiger partial charge in [-0.05, 0) is 23.8 Å². The van der Waals surface area contributed by atoms with Crippen LogP contribution in [-0.2, 0) is 9.53 Å². The van der Waals surface area contributed by atoms with Gasteiger partial charge in [-0.3, -0.25) is 0 Å². The predicted molar refractivity (Wildman–Crippen MR) is 60.7 cm³/mol. The molecule has 0 fully saturated rings. The molecule has 1 aromatic carbocycles. The first-order valence-corrected chi connectivity index (χ1v) is 5.10. The fraction of sp³-hybridized carbons (Fsp3) is 0.250. The van der Waals surface area contributed by atoms with Crippen molar-refractivity contribution in [3.05, 3.63) is 29.8 Å². The molecule has 0 aliphatic heterocycles. The molecule has 104 valence electrons. The number of phenolic OH excluding ortho intramolecular Hbond substituents is 1. The maximum Gasteiger partial charge on any atom is 0.422 e. The van der Waals surface area contributed by atoms with Gasteiger partial charge in [0.15, 0.2) is 18.1 Å². The molecule has 1 rings (SSSR count). The van der Waals surface area contributed by atoms with E-state index in [1.807, 2.05) is 0 Å². The molecule has 0 saturated carbocycles. The number of carbonyl (C=O) groups excluding carboxylic acids is 1. The Balaban J connectivity index is 2.64. The molecule has 0 aromatic heterocycles. The standard InChI is InChI=1S/C12H11F3O4/c1-18-10-6-8(2-4-9(10)16)3-5-11(17)19-7-12(13,14)15/h2-6,16H,7H2,1H3/b5-3+. The first kappa shape index (κ1) is 14.9. The highest BCUT2D eigenvalue weighted by Gasteiger charge is 2.29. The number of halogens is 3. The highest BCUT2D eigenvalue weighted by atomic mass is 19.4. The van der Waals surface area contributed by atoms with E-state index in [0.29, 0.717) is 5.56 Å². The second kappa shape index (κ2) is 6.12. The number of hydrogen-bond donors (Lipinski definition) is 1. The van der Waals surface area contributed by atoms with Gasteiger partial charge < -0.3 is 14.6 Å². The summed E-state index contributed by atoms with van der Waals surface area (Å²) in [7, 11) is 1.35. The van der Waals surface area contributed by atoms with Crippen molar-refractivity contribution in [1.29, 1.82) is 0 Å². The zero-order valence-electron chi connectivity index (χ0n) is 9.90. The third kappa shape index (κ3) is 5.33. The summed E-state index contributed by atoms with van der Waals surface area (Å²) in [6.07, 6.45) is -2.44. The summed E-state index contributed by atoms with van der Waals surface area (Å²) in [5.74, 6) is -1.01. The number of carbonyl (C=O) groups is 1. The van der Waals surface area contributed by atoms with E-state index in [0.717, 1.165) is 6.08 Å². The molecule has 0 radical (unpaired) electrons. The van der Waals surface area contributed by atoms with Gasteiger partial charge in [-0.2, -0.15) is 13.2 Å². The molecular weight excluding hydrogens is 265 g/mol. The molecule has 0 spiro atoms. The summed E-state index contributed by atoms with van der Waals surface area (Å²) in [6, 6.07) is 4.22. The van der Waals surface area contributed by atoms with Gasteiger partial charge in [-0.25, -0.2) is 4.79 Å². The van der Waals surface area contributed by atoms with Gasteiger partial charge in [0, 0.05) is 6.08 Å². The summed E-state index contributed by atoms with van der Waals surface area (Å²) >= 11 is 0. The molecule has 0 unspecified atom stereocenters. The lowest BCUT2D eigenvalue weighted by Crippen LogP contribution is -2.19. The maximum absolute atomic E-state index is 11.8. The van der Waals surface area contributed by atoms with Crippen molar-refractivity contribution in [1.82, 2.24) is 0 Å². The van der Waals surface area contributed by atoms with Crippen LogP contribution in [0, 0.1) is 0 Å². The number of alkyl halides is 3. The van der Waals surface area contributed by atoms with Gasteiger partial charge in [-0.15, -0.1) is 0 Å². The Morgan fingerprint density at radius 1 is 1.42 bits per heavy atom. The fourth-order valence-electron chi connectivity index (χ4n) is 1.16. The van der Waals surface area contributed by atoms with Crippen molar-refractivity contribution in [3.63, 3.8) is 0 Å². The second-order valence-electron chi connectivity index (χ2n) is 3.49. The number of phenols is 1. The highest BCUT2D eigenvalue weighted by Crippen LogP contribution is 2.26. The van der Waals surface area contributed by atoms with E-state index < -0.39 is 18.8 Å². The van der Waals surface area contributed by atoms with E-state index in [9.17, 15) is 23.1 Å². The van der Waals surface area contributed by atoms with Crippen LogP contribution in [0.25, 0.3) is 6.08 Å². The van der Waals surface area contributed by atoms with Gasteiger partial charge in [-0.1, -0.05) is 6.07 Å². The molecule has 1 N–H and O–H groups in total. The Bertz CT molecular complexity index is 480. The molecule has 0 saturated heterocycles. The molecule has 19 heavy (non-hydrogen) atoms. The number of aromatic hydroxyl groups is 1. The Labute approximate surface area is 107 Å². The molecular formula is C12H11F3O4. The summed E-state index contributed by atoms with van der Waals surface area (Å²) in [5, 5.41) is 9.32. The van der Waals surface area contributed by atoms with E-state index >= 15 is 0 Å². The van der Waals surface area contributed by atoms with E-state index in [1.54, 1.807) is 0 Å². The third-order valence-electron chi connectivity index (χ3n) is 1.99. The molecule has 0 bridgehead atoms. The summed E-state index contributed by atoms with van der Waals surface area (Å²) in [5.41, 5.74) is 0.471. The predicted octanol–water partition coefficient (Wildman–Crippen LogP) is 2.52. The van der Waals surface area contributed by atoms with Crippen molar-refractivity contribution in [2.75, 3.05) is 13.7 Å². The lowest BCUT2D eigenvalue weighted by molar-refractivity contribution is -0.182. The summed E-state index contributed by atoms with van der Waals surface area (Å²) in [4.78, 5) is 11.0. The molecule has 0 atom stereocenters. The topological polar surface area (TPSA) is 55.8 Å². The molecule has 0 aliphatic rings. The van der Waals surface area contributed by atoms with Gasteiger partial charge in [0.2, 0.25) is 0 Å². The first-order chi connectivity index (χ1) is 8.81. The lowest BCUT2D eigenvalue weighted by atomic mass is 10.2. The van der Waals surface area contributed by atoms with E-state index in [-0.39, 0.29) is 11.5 Å². The number of esters is 1. The number of rotatable bonds is 4. The molecule has 4 nitrogen and oxygen atoms in total. The highest BCUT2D eigenvalue weighted by molar-refractivity contribution is 5.87. The minimum absolute atomic E-state index is 0.0840. The molecule has 0 heterocycles. The van der Waals surface area contributed by atoms with Gasteiger partial charge in [0.05, 0.1) is 7.11 Å². The second-order valence-corrected chi connectivity index (χ2v) is 3.49. The molecule has 1 aromatic rings. The first-order valence-electron chi connectivity index (χ1n) is 5.10. The van der Waals surface area contributed by atoms with Crippen LogP contribution in [0.15, 0.2) is 24.3 Å². The van der Waals surface area contributed by atoms with E-state index in [1.165, 1.54) is 31.4 Å². The van der Waals surface area contributed by atoms with Crippen LogP contribution in [0.1, 0.15) is 5.56 Å². The van der Waals surface area contributed by atoms with Crippen molar-refractivity contribution in [3.8, 4) is 11.5 Å². The average molecular weight is 276 g/mol. The Hall–Kier alpha value is -2.18. The number of ether oxygens (including phenoxy) is 2. The largest absolute Gasteiger partial charge is 0.504 e. The maximum atomic E-state index is 11.8.